The van der Waals surface area contributed by atoms with Gasteiger partial charge in [-0.25, -0.2) is 0 Å². The molecule has 0 amide bonds. The Hall–Kier alpha value is -1.35. The van der Waals surface area contributed by atoms with Crippen molar-refractivity contribution in [1.29, 1.82) is 0 Å². The molecule has 1 saturated heterocycles. The first kappa shape index (κ1) is 10.8. The Morgan fingerprint density at radius 2 is 2.18 bits per heavy atom. The first-order chi connectivity index (χ1) is 8.25. The second-order valence-corrected chi connectivity index (χ2v) is 5.21. The average molecular weight is 229 g/mol. The van der Waals surface area contributed by atoms with Crippen LogP contribution in [-0.2, 0) is 0 Å². The van der Waals surface area contributed by atoms with Gasteiger partial charge in [0.15, 0.2) is 0 Å². The second kappa shape index (κ2) is 4.15. The van der Waals surface area contributed by atoms with Gasteiger partial charge in [0, 0.05) is 18.0 Å². The van der Waals surface area contributed by atoms with Crippen molar-refractivity contribution in [2.75, 3.05) is 6.54 Å². The summed E-state index contributed by atoms with van der Waals surface area (Å²) in [5.41, 5.74) is 4.03. The zero-order chi connectivity index (χ0) is 11.8. The minimum atomic E-state index is 0.632. The van der Waals surface area contributed by atoms with Crippen molar-refractivity contribution in [1.82, 2.24) is 15.5 Å². The normalized spacial score (nSPS) is 25.3. The number of benzene rings is 1. The van der Waals surface area contributed by atoms with Gasteiger partial charge in [-0.1, -0.05) is 6.07 Å². The molecule has 3 rings (SSSR count). The number of fused-ring (bicyclic) bond motifs is 1. The fourth-order valence-corrected chi connectivity index (χ4v) is 2.94. The van der Waals surface area contributed by atoms with Gasteiger partial charge in [-0.2, -0.15) is 5.10 Å². The molecule has 1 aromatic carbocycles. The number of H-pyrrole nitrogens is 1. The zero-order valence-corrected chi connectivity index (χ0v) is 10.5. The van der Waals surface area contributed by atoms with E-state index in [4.69, 9.17) is 0 Å². The number of nitrogens with zero attached hydrogens (tertiary/aromatic N) is 1. The van der Waals surface area contributed by atoms with E-state index in [1.807, 2.05) is 6.20 Å². The Kier molecular flexibility index (Phi) is 2.63. The van der Waals surface area contributed by atoms with Gasteiger partial charge in [0.05, 0.1) is 11.7 Å². The maximum absolute atomic E-state index is 4.17. The van der Waals surface area contributed by atoms with Crippen LogP contribution in [-0.4, -0.2) is 22.8 Å². The molecule has 2 unspecified atom stereocenters. The monoisotopic (exact) mass is 229 g/mol. The summed E-state index contributed by atoms with van der Waals surface area (Å²) in [6, 6.07) is 4.99. The Morgan fingerprint density at radius 3 is 2.94 bits per heavy atom. The average Bonchev–Trinajstić information content (AvgIpc) is 2.79. The van der Waals surface area contributed by atoms with Crippen LogP contribution in [0.15, 0.2) is 18.3 Å². The number of hydrogen-bond acceptors (Lipinski definition) is 2. The second-order valence-electron chi connectivity index (χ2n) is 5.21. The number of nitrogens with one attached hydrogen (secondary N) is 2. The highest BCUT2D eigenvalue weighted by molar-refractivity contribution is 5.83. The van der Waals surface area contributed by atoms with Gasteiger partial charge < -0.3 is 5.32 Å². The molecule has 2 aromatic rings. The summed E-state index contributed by atoms with van der Waals surface area (Å²) in [7, 11) is 0. The smallest absolute Gasteiger partial charge is 0.0653 e. The third-order valence-electron chi connectivity index (χ3n) is 3.95. The van der Waals surface area contributed by atoms with E-state index in [0.717, 1.165) is 12.1 Å². The van der Waals surface area contributed by atoms with Crippen LogP contribution in [0.3, 0.4) is 0 Å². The van der Waals surface area contributed by atoms with Crippen molar-refractivity contribution < 1.29 is 0 Å². The minimum Gasteiger partial charge on any atom is -0.314 e. The highest BCUT2D eigenvalue weighted by Crippen LogP contribution is 2.32. The third kappa shape index (κ3) is 1.84. The van der Waals surface area contributed by atoms with Gasteiger partial charge in [-0.3, -0.25) is 5.10 Å². The lowest BCUT2D eigenvalue weighted by Gasteiger charge is -2.29. The fourth-order valence-electron chi connectivity index (χ4n) is 2.94. The van der Waals surface area contributed by atoms with E-state index in [-0.39, 0.29) is 0 Å². The quantitative estimate of drug-likeness (QED) is 0.789. The third-order valence-corrected chi connectivity index (χ3v) is 3.95. The maximum atomic E-state index is 4.17. The summed E-state index contributed by atoms with van der Waals surface area (Å²) in [5, 5.41) is 12.1. The lowest BCUT2D eigenvalue weighted by atomic mass is 9.85. The van der Waals surface area contributed by atoms with Crippen LogP contribution in [0, 0.1) is 6.92 Å². The van der Waals surface area contributed by atoms with Crippen LogP contribution in [0.2, 0.25) is 0 Å². The molecule has 2 N–H and O–H groups in total. The van der Waals surface area contributed by atoms with Crippen molar-refractivity contribution in [3.8, 4) is 0 Å². The van der Waals surface area contributed by atoms with Crippen LogP contribution in [0.4, 0.5) is 0 Å². The Bertz CT molecular complexity index is 521. The van der Waals surface area contributed by atoms with Crippen LogP contribution in [0.5, 0.6) is 0 Å². The molecule has 0 saturated carbocycles. The molecule has 17 heavy (non-hydrogen) atoms. The standard InChI is InChI=1S/C14H19N3/c1-9-3-6-13-12(8-16-17-13)14(9)11-5-4-10(2)15-7-11/h3,6,8,10-11,15H,4-5,7H2,1-2H3,(H,16,17). The number of hydrogen-bond donors (Lipinski definition) is 2. The molecule has 0 aliphatic carbocycles. The zero-order valence-electron chi connectivity index (χ0n) is 10.5. The number of aromatic amines is 1. The molecule has 3 heteroatoms. The molecule has 1 aromatic heterocycles. The van der Waals surface area contributed by atoms with E-state index in [2.05, 4.69) is 41.5 Å². The largest absolute Gasteiger partial charge is 0.314 e. The first-order valence-corrected chi connectivity index (χ1v) is 6.41. The van der Waals surface area contributed by atoms with Crippen molar-refractivity contribution in [2.24, 2.45) is 0 Å². The van der Waals surface area contributed by atoms with E-state index >= 15 is 0 Å². The molecule has 0 radical (unpaired) electrons. The van der Waals surface area contributed by atoms with Crippen molar-refractivity contribution in [3.63, 3.8) is 0 Å². The van der Waals surface area contributed by atoms with Crippen molar-refractivity contribution in [2.45, 2.75) is 38.6 Å². The topological polar surface area (TPSA) is 40.7 Å². The summed E-state index contributed by atoms with van der Waals surface area (Å²) in [4.78, 5) is 0. The fraction of sp³-hybridized carbons (Fsp3) is 0.500. The Labute approximate surface area is 102 Å². The summed E-state index contributed by atoms with van der Waals surface area (Å²) >= 11 is 0. The predicted molar refractivity (Wildman–Crippen MR) is 70.3 cm³/mol. The van der Waals surface area contributed by atoms with Gasteiger partial charge in [0.2, 0.25) is 0 Å². The molecule has 2 heterocycles. The van der Waals surface area contributed by atoms with Crippen molar-refractivity contribution in [3.05, 3.63) is 29.5 Å². The van der Waals surface area contributed by atoms with Crippen LogP contribution < -0.4 is 5.32 Å². The predicted octanol–water partition coefficient (Wildman–Crippen LogP) is 2.73. The number of aromatic nitrogens is 2. The highest BCUT2D eigenvalue weighted by atomic mass is 15.1. The van der Waals surface area contributed by atoms with E-state index in [1.165, 1.54) is 29.4 Å². The Morgan fingerprint density at radius 1 is 1.29 bits per heavy atom. The lowest BCUT2D eigenvalue weighted by Crippen LogP contribution is -2.36. The van der Waals surface area contributed by atoms with Gasteiger partial charge in [-0.15, -0.1) is 0 Å². The van der Waals surface area contributed by atoms with Gasteiger partial charge in [-0.05, 0) is 49.8 Å². The van der Waals surface area contributed by atoms with E-state index in [1.54, 1.807) is 0 Å². The Balaban J connectivity index is 2.03. The summed E-state index contributed by atoms with van der Waals surface area (Å²) in [6.07, 6.45) is 4.51. The number of aryl methyl sites for hydroxylation is 1. The maximum Gasteiger partial charge on any atom is 0.0653 e. The first-order valence-electron chi connectivity index (χ1n) is 6.41. The number of rotatable bonds is 1. The van der Waals surface area contributed by atoms with E-state index < -0.39 is 0 Å². The molecule has 1 fully saturated rings. The molecular formula is C14H19N3. The van der Waals surface area contributed by atoms with Crippen LogP contribution in [0.1, 0.15) is 36.8 Å². The van der Waals surface area contributed by atoms with Crippen LogP contribution in [0.25, 0.3) is 10.9 Å². The van der Waals surface area contributed by atoms with E-state index in [0.29, 0.717) is 12.0 Å². The summed E-state index contributed by atoms with van der Waals surface area (Å²) in [5.74, 6) is 0.632. The molecule has 0 bridgehead atoms. The molecular weight excluding hydrogens is 210 g/mol. The highest BCUT2D eigenvalue weighted by Gasteiger charge is 2.22. The lowest BCUT2D eigenvalue weighted by molar-refractivity contribution is 0.385. The molecule has 1 aliphatic rings. The van der Waals surface area contributed by atoms with Gasteiger partial charge in [0.1, 0.15) is 0 Å². The molecule has 3 nitrogen and oxygen atoms in total. The van der Waals surface area contributed by atoms with E-state index in [9.17, 15) is 0 Å². The van der Waals surface area contributed by atoms with Gasteiger partial charge in [0.25, 0.3) is 0 Å². The molecule has 2 atom stereocenters. The SMILES string of the molecule is Cc1ccc2[nH]ncc2c1C1CCC(C)NC1. The summed E-state index contributed by atoms with van der Waals surface area (Å²) in [6.45, 7) is 5.56. The summed E-state index contributed by atoms with van der Waals surface area (Å²) < 4.78 is 0. The molecule has 0 spiro atoms. The van der Waals surface area contributed by atoms with Crippen LogP contribution >= 0.6 is 0 Å². The number of piperidine rings is 1. The molecule has 90 valence electrons. The minimum absolute atomic E-state index is 0.632. The molecule has 1 aliphatic heterocycles. The van der Waals surface area contributed by atoms with Gasteiger partial charge >= 0.3 is 0 Å². The van der Waals surface area contributed by atoms with Crippen molar-refractivity contribution >= 4 is 10.9 Å².